The molecule has 0 N–H and O–H groups in total. The van der Waals surface area contributed by atoms with Gasteiger partial charge in [0.15, 0.2) is 0 Å². The van der Waals surface area contributed by atoms with Gasteiger partial charge in [0.05, 0.1) is 11.2 Å². The summed E-state index contributed by atoms with van der Waals surface area (Å²) in [7, 11) is 0. The first-order valence-corrected chi connectivity index (χ1v) is 5.79. The van der Waals surface area contributed by atoms with Crippen molar-refractivity contribution in [1.82, 2.24) is 9.78 Å². The maximum atomic E-state index is 12.5. The Morgan fingerprint density at radius 2 is 1.58 bits per heavy atom. The molecule has 96 valence electrons. The summed E-state index contributed by atoms with van der Waals surface area (Å²) in [4.78, 5) is 0. The summed E-state index contributed by atoms with van der Waals surface area (Å²) in [6.45, 7) is -4.95. The Bertz CT molecular complexity index is 684. The Kier molecular flexibility index (Phi) is 2.59. The number of fused-ring (bicyclic) bond motifs is 1. The summed E-state index contributed by atoms with van der Waals surface area (Å²) < 4.78 is 39.2. The largest absolute Gasteiger partial charge is 0.509 e. The second kappa shape index (κ2) is 4.15. The number of hydrogen-bond acceptors (Lipinski definition) is 1. The van der Waals surface area contributed by atoms with Gasteiger partial charge < -0.3 is 12.9 Å². The molecule has 0 aliphatic heterocycles. The van der Waals surface area contributed by atoms with Crippen molar-refractivity contribution in [2.75, 3.05) is 0 Å². The lowest BCUT2D eigenvalue weighted by atomic mass is 9.80. The van der Waals surface area contributed by atoms with Crippen LogP contribution in [0.5, 0.6) is 0 Å². The maximum absolute atomic E-state index is 12.5. The zero-order chi connectivity index (χ0) is 13.5. The van der Waals surface area contributed by atoms with Gasteiger partial charge in [-0.2, -0.15) is 5.10 Å². The molecule has 0 saturated carbocycles. The van der Waals surface area contributed by atoms with Crippen molar-refractivity contribution >= 4 is 23.3 Å². The lowest BCUT2D eigenvalue weighted by molar-refractivity contribution is 0.501. The summed E-state index contributed by atoms with van der Waals surface area (Å²) in [5.41, 5.74) is 0.826. The average molecular weight is 261 g/mol. The van der Waals surface area contributed by atoms with E-state index in [4.69, 9.17) is 0 Å². The topological polar surface area (TPSA) is 17.8 Å². The highest BCUT2D eigenvalue weighted by Crippen LogP contribution is 2.16. The van der Waals surface area contributed by atoms with E-state index in [0.717, 1.165) is 23.0 Å². The molecular formula is C13H9BF3N2-. The van der Waals surface area contributed by atoms with Crippen LogP contribution in [0.2, 0.25) is 0 Å². The summed E-state index contributed by atoms with van der Waals surface area (Å²) in [5.74, 6) is 0. The first-order valence-electron chi connectivity index (χ1n) is 5.79. The summed E-state index contributed by atoms with van der Waals surface area (Å²) in [6, 6.07) is 12.6. The van der Waals surface area contributed by atoms with E-state index < -0.39 is 12.4 Å². The van der Waals surface area contributed by atoms with E-state index in [1.807, 2.05) is 24.3 Å². The van der Waals surface area contributed by atoms with E-state index in [2.05, 4.69) is 5.10 Å². The van der Waals surface area contributed by atoms with Crippen LogP contribution >= 0.6 is 0 Å². The van der Waals surface area contributed by atoms with Crippen molar-refractivity contribution in [3.63, 3.8) is 0 Å². The van der Waals surface area contributed by atoms with Crippen LogP contribution in [0.25, 0.3) is 16.6 Å². The molecule has 3 rings (SSSR count). The molecule has 0 spiro atoms. The number of benzene rings is 2. The standard InChI is InChI=1S/C13H9BF3N2/c15-14(16,17)11-5-7-12(8-6-11)19-9-10-3-1-2-4-13(10)18-19/h1-9H/q-1. The van der Waals surface area contributed by atoms with E-state index in [-0.39, 0.29) is 0 Å². The fourth-order valence-electron chi connectivity index (χ4n) is 1.94. The van der Waals surface area contributed by atoms with E-state index in [1.165, 1.54) is 12.1 Å². The second-order valence-electron chi connectivity index (χ2n) is 4.30. The van der Waals surface area contributed by atoms with Crippen LogP contribution < -0.4 is 5.46 Å². The van der Waals surface area contributed by atoms with Crippen LogP contribution in [0.1, 0.15) is 0 Å². The Morgan fingerprint density at radius 3 is 2.21 bits per heavy atom. The van der Waals surface area contributed by atoms with E-state index in [0.29, 0.717) is 5.69 Å². The molecule has 0 saturated heterocycles. The Balaban J connectivity index is 2.02. The highest BCUT2D eigenvalue weighted by molar-refractivity contribution is 6.73. The van der Waals surface area contributed by atoms with E-state index in [1.54, 1.807) is 10.9 Å². The van der Waals surface area contributed by atoms with Crippen molar-refractivity contribution in [2.24, 2.45) is 0 Å². The number of halogens is 3. The third-order valence-electron chi connectivity index (χ3n) is 2.95. The fraction of sp³-hybridized carbons (Fsp3) is 0. The first-order chi connectivity index (χ1) is 9.04. The number of aromatic nitrogens is 2. The van der Waals surface area contributed by atoms with Gasteiger partial charge in [0.25, 0.3) is 0 Å². The maximum Gasteiger partial charge on any atom is 0.509 e. The molecule has 2 nitrogen and oxygen atoms in total. The first kappa shape index (κ1) is 11.8. The van der Waals surface area contributed by atoms with Gasteiger partial charge >= 0.3 is 6.98 Å². The van der Waals surface area contributed by atoms with Gasteiger partial charge in [-0.3, -0.25) is 0 Å². The van der Waals surface area contributed by atoms with Gasteiger partial charge in [0, 0.05) is 11.6 Å². The minimum Gasteiger partial charge on any atom is -0.445 e. The van der Waals surface area contributed by atoms with Crippen LogP contribution in [0, 0.1) is 0 Å². The zero-order valence-electron chi connectivity index (χ0n) is 9.80. The molecule has 19 heavy (non-hydrogen) atoms. The number of nitrogens with zero attached hydrogens (tertiary/aromatic N) is 2. The van der Waals surface area contributed by atoms with Crippen LogP contribution in [0.15, 0.2) is 54.7 Å². The normalized spacial score (nSPS) is 11.9. The summed E-state index contributed by atoms with van der Waals surface area (Å²) in [5, 5.41) is 5.27. The molecule has 0 radical (unpaired) electrons. The van der Waals surface area contributed by atoms with Gasteiger partial charge in [-0.15, -0.1) is 5.46 Å². The van der Waals surface area contributed by atoms with Crippen molar-refractivity contribution in [1.29, 1.82) is 0 Å². The minimum absolute atomic E-state index is 0.597. The van der Waals surface area contributed by atoms with Gasteiger partial charge in [0.2, 0.25) is 0 Å². The smallest absolute Gasteiger partial charge is 0.445 e. The molecule has 6 heteroatoms. The monoisotopic (exact) mass is 261 g/mol. The van der Waals surface area contributed by atoms with Crippen molar-refractivity contribution < 1.29 is 12.9 Å². The van der Waals surface area contributed by atoms with Crippen LogP contribution in [-0.4, -0.2) is 16.8 Å². The molecule has 0 aliphatic rings. The fourth-order valence-corrected chi connectivity index (χ4v) is 1.94. The Hall–Kier alpha value is -2.24. The second-order valence-corrected chi connectivity index (χ2v) is 4.30. The highest BCUT2D eigenvalue weighted by Gasteiger charge is 2.24. The molecular weight excluding hydrogens is 252 g/mol. The third-order valence-corrected chi connectivity index (χ3v) is 2.95. The van der Waals surface area contributed by atoms with Gasteiger partial charge in [0.1, 0.15) is 0 Å². The molecule has 0 unspecified atom stereocenters. The molecule has 0 amide bonds. The van der Waals surface area contributed by atoms with Crippen LogP contribution in [0.4, 0.5) is 12.9 Å². The van der Waals surface area contributed by atoms with Gasteiger partial charge in [-0.05, 0) is 18.2 Å². The third kappa shape index (κ3) is 2.21. The number of hydrogen-bond donors (Lipinski definition) is 0. The molecule has 1 heterocycles. The minimum atomic E-state index is -4.95. The molecule has 0 fully saturated rings. The van der Waals surface area contributed by atoms with Gasteiger partial charge in [-0.25, -0.2) is 4.68 Å². The summed E-state index contributed by atoms with van der Waals surface area (Å²) in [6.07, 6.45) is 1.79. The van der Waals surface area contributed by atoms with Crippen LogP contribution in [0.3, 0.4) is 0 Å². The average Bonchev–Trinajstić information content (AvgIpc) is 2.81. The molecule has 3 aromatic rings. The van der Waals surface area contributed by atoms with E-state index >= 15 is 0 Å². The van der Waals surface area contributed by atoms with Crippen molar-refractivity contribution in [2.45, 2.75) is 0 Å². The molecule has 1 aromatic heterocycles. The summed E-state index contributed by atoms with van der Waals surface area (Å²) >= 11 is 0. The lowest BCUT2D eigenvalue weighted by Crippen LogP contribution is -2.33. The van der Waals surface area contributed by atoms with Crippen molar-refractivity contribution in [3.05, 3.63) is 54.7 Å². The Morgan fingerprint density at radius 1 is 0.895 bits per heavy atom. The zero-order valence-corrected chi connectivity index (χ0v) is 9.80. The molecule has 0 bridgehead atoms. The highest BCUT2D eigenvalue weighted by atomic mass is 19.4. The molecule has 0 aliphatic carbocycles. The molecule has 0 atom stereocenters. The van der Waals surface area contributed by atoms with Crippen LogP contribution in [-0.2, 0) is 0 Å². The predicted molar refractivity (Wildman–Crippen MR) is 69.8 cm³/mol. The molecule has 2 aromatic carbocycles. The number of rotatable bonds is 2. The quantitative estimate of drug-likeness (QED) is 0.648. The van der Waals surface area contributed by atoms with Crippen molar-refractivity contribution in [3.8, 4) is 5.69 Å². The van der Waals surface area contributed by atoms with Gasteiger partial charge in [-0.1, -0.05) is 30.3 Å². The van der Waals surface area contributed by atoms with E-state index in [9.17, 15) is 12.9 Å². The predicted octanol–water partition coefficient (Wildman–Crippen LogP) is 3.08. The Labute approximate surface area is 107 Å². The lowest BCUT2D eigenvalue weighted by Gasteiger charge is -2.14. The SMILES string of the molecule is F[B-](F)(F)c1ccc(-n2cc3ccccc3n2)cc1.